The number of imidazole rings is 1. The first-order chi connectivity index (χ1) is 12.1. The number of nitrogens with one attached hydrogen (secondary N) is 1. The van der Waals surface area contributed by atoms with Crippen LogP contribution in [0.2, 0.25) is 0 Å². The van der Waals surface area contributed by atoms with Crippen LogP contribution in [-0.2, 0) is 14.6 Å². The number of benzene rings is 1. The third-order valence-corrected chi connectivity index (χ3v) is 5.98. The number of para-hydroxylation sites is 2. The molecule has 1 N–H and O–H groups in total. The van der Waals surface area contributed by atoms with E-state index in [4.69, 9.17) is 4.74 Å². The van der Waals surface area contributed by atoms with Crippen molar-refractivity contribution in [1.29, 1.82) is 0 Å². The van der Waals surface area contributed by atoms with Gasteiger partial charge in [-0.15, -0.1) is 0 Å². The molecule has 7 nitrogen and oxygen atoms in total. The highest BCUT2D eigenvalue weighted by Crippen LogP contribution is 2.23. The van der Waals surface area contributed by atoms with Crippen molar-refractivity contribution in [1.82, 2.24) is 14.9 Å². The molecule has 1 atom stereocenters. The van der Waals surface area contributed by atoms with Crippen LogP contribution >= 0.6 is 0 Å². The number of nitrogens with zero attached hydrogens (tertiary/aromatic N) is 2. The molecule has 1 amide bonds. The number of fused-ring (bicyclic) bond motifs is 1. The summed E-state index contributed by atoms with van der Waals surface area (Å²) in [6.07, 6.45) is 1.14. The fraction of sp³-hybridized carbons (Fsp3) is 0.556. The first kappa shape index (κ1) is 18.7. The lowest BCUT2D eigenvalue weighted by Crippen LogP contribution is -2.44. The van der Waals surface area contributed by atoms with E-state index in [-0.39, 0.29) is 22.9 Å². The third kappa shape index (κ3) is 4.35. The van der Waals surface area contributed by atoms with Crippen molar-refractivity contribution in [3.05, 3.63) is 24.3 Å². The van der Waals surface area contributed by atoms with Gasteiger partial charge in [0.2, 0.25) is 15.0 Å². The summed E-state index contributed by atoms with van der Waals surface area (Å²) in [6, 6.07) is 7.22. The van der Waals surface area contributed by atoms with Gasteiger partial charge in [0.05, 0.1) is 16.8 Å². The number of hydrogen-bond acceptors (Lipinski definition) is 5. The number of H-pyrrole nitrogens is 1. The van der Waals surface area contributed by atoms with E-state index in [0.29, 0.717) is 24.1 Å². The number of ether oxygens (including phenoxy) is 1. The highest BCUT2D eigenvalue weighted by molar-refractivity contribution is 7.91. The molecule has 1 aromatic carbocycles. The molecule has 1 aliphatic rings. The molecule has 0 spiro atoms. The number of amides is 1. The lowest BCUT2D eigenvalue weighted by Gasteiger charge is -2.33. The Balaban J connectivity index is 1.70. The molecule has 142 valence electrons. The van der Waals surface area contributed by atoms with Crippen molar-refractivity contribution in [2.24, 2.45) is 5.92 Å². The van der Waals surface area contributed by atoms with Crippen molar-refractivity contribution in [2.75, 3.05) is 18.8 Å². The molecule has 3 rings (SSSR count). The molecular weight excluding hydrogens is 354 g/mol. The van der Waals surface area contributed by atoms with Gasteiger partial charge in [-0.2, -0.15) is 0 Å². The summed E-state index contributed by atoms with van der Waals surface area (Å²) >= 11 is 0. The van der Waals surface area contributed by atoms with Crippen LogP contribution in [0.4, 0.5) is 4.79 Å². The molecule has 26 heavy (non-hydrogen) atoms. The van der Waals surface area contributed by atoms with Crippen LogP contribution in [0.5, 0.6) is 0 Å². The van der Waals surface area contributed by atoms with Crippen LogP contribution in [0.3, 0.4) is 0 Å². The molecule has 1 fully saturated rings. The minimum Gasteiger partial charge on any atom is -0.444 e. The van der Waals surface area contributed by atoms with Gasteiger partial charge >= 0.3 is 6.09 Å². The van der Waals surface area contributed by atoms with Crippen LogP contribution in [0.25, 0.3) is 11.0 Å². The Morgan fingerprint density at radius 1 is 1.35 bits per heavy atom. The zero-order valence-corrected chi connectivity index (χ0v) is 16.2. The van der Waals surface area contributed by atoms with Gasteiger partial charge < -0.3 is 14.6 Å². The summed E-state index contributed by atoms with van der Waals surface area (Å²) < 4.78 is 30.9. The van der Waals surface area contributed by atoms with Crippen molar-refractivity contribution in [3.63, 3.8) is 0 Å². The van der Waals surface area contributed by atoms with Gasteiger partial charge in [-0.1, -0.05) is 12.1 Å². The topological polar surface area (TPSA) is 92.4 Å². The maximum atomic E-state index is 12.7. The quantitative estimate of drug-likeness (QED) is 0.885. The maximum Gasteiger partial charge on any atom is 0.410 e. The van der Waals surface area contributed by atoms with E-state index in [0.717, 1.165) is 12.8 Å². The zero-order chi connectivity index (χ0) is 18.9. The number of rotatable bonds is 3. The van der Waals surface area contributed by atoms with E-state index in [9.17, 15) is 13.2 Å². The van der Waals surface area contributed by atoms with Gasteiger partial charge in [-0.25, -0.2) is 18.2 Å². The van der Waals surface area contributed by atoms with Crippen LogP contribution in [-0.4, -0.2) is 53.8 Å². The van der Waals surface area contributed by atoms with E-state index in [1.54, 1.807) is 17.0 Å². The summed E-state index contributed by atoms with van der Waals surface area (Å²) in [6.45, 7) is 6.43. The maximum absolute atomic E-state index is 12.7. The fourth-order valence-electron chi connectivity index (χ4n) is 3.16. The van der Waals surface area contributed by atoms with Gasteiger partial charge in [-0.3, -0.25) is 0 Å². The molecule has 1 saturated heterocycles. The summed E-state index contributed by atoms with van der Waals surface area (Å²) in [7, 11) is -3.55. The average Bonchev–Trinajstić information content (AvgIpc) is 2.98. The summed E-state index contributed by atoms with van der Waals surface area (Å²) in [5.74, 6) is -0.166. The SMILES string of the molecule is CC(C)(C)OC(=O)N1CCCC(CS(=O)(=O)c2nc3ccccc3[nH]2)C1. The molecular formula is C18H25N3O4S. The minimum atomic E-state index is -3.55. The molecule has 0 aliphatic carbocycles. The average molecular weight is 379 g/mol. The van der Waals surface area contributed by atoms with E-state index >= 15 is 0 Å². The molecule has 2 aromatic rings. The largest absolute Gasteiger partial charge is 0.444 e. The van der Waals surface area contributed by atoms with Gasteiger partial charge in [0, 0.05) is 13.1 Å². The number of aromatic amines is 1. The Labute approximate surface area is 153 Å². The fourth-order valence-corrected chi connectivity index (χ4v) is 4.71. The second-order valence-corrected chi connectivity index (χ2v) is 9.72. The highest BCUT2D eigenvalue weighted by Gasteiger charge is 2.31. The number of likely N-dealkylation sites (tertiary alicyclic amines) is 1. The van der Waals surface area contributed by atoms with Crippen molar-refractivity contribution < 1.29 is 17.9 Å². The van der Waals surface area contributed by atoms with E-state index in [1.807, 2.05) is 32.9 Å². The van der Waals surface area contributed by atoms with Gasteiger partial charge in [-0.05, 0) is 51.7 Å². The van der Waals surface area contributed by atoms with Crippen molar-refractivity contribution in [3.8, 4) is 0 Å². The predicted octanol–water partition coefficient (Wildman–Crippen LogP) is 2.98. The Kier molecular flexibility index (Phi) is 4.96. The van der Waals surface area contributed by atoms with E-state index in [1.165, 1.54) is 0 Å². The second kappa shape index (κ2) is 6.90. The zero-order valence-electron chi connectivity index (χ0n) is 15.4. The molecule has 0 bridgehead atoms. The van der Waals surface area contributed by atoms with Crippen LogP contribution in [0.15, 0.2) is 29.4 Å². The number of aromatic nitrogens is 2. The Morgan fingerprint density at radius 3 is 2.77 bits per heavy atom. The Hall–Kier alpha value is -2.09. The second-order valence-electron chi connectivity index (χ2n) is 7.78. The molecule has 1 unspecified atom stereocenters. The van der Waals surface area contributed by atoms with Crippen molar-refractivity contribution >= 4 is 27.0 Å². The van der Waals surface area contributed by atoms with Crippen molar-refractivity contribution in [2.45, 2.75) is 44.4 Å². The molecule has 1 aliphatic heterocycles. The number of piperidine rings is 1. The number of carbonyl (C=O) groups excluding carboxylic acids is 1. The lowest BCUT2D eigenvalue weighted by atomic mass is 10.0. The molecule has 2 heterocycles. The number of sulfone groups is 1. The molecule has 0 radical (unpaired) electrons. The van der Waals surface area contributed by atoms with Crippen LogP contribution in [0, 0.1) is 5.92 Å². The first-order valence-electron chi connectivity index (χ1n) is 8.79. The number of carbonyl (C=O) groups is 1. The van der Waals surface area contributed by atoms with Gasteiger partial charge in [0.15, 0.2) is 0 Å². The predicted molar refractivity (Wildman–Crippen MR) is 98.7 cm³/mol. The molecule has 8 heteroatoms. The van der Waals surface area contributed by atoms with Crippen LogP contribution in [0.1, 0.15) is 33.6 Å². The standard InChI is InChI=1S/C18H25N3O4S/c1-18(2,3)25-17(22)21-10-6-7-13(11-21)12-26(23,24)16-19-14-8-4-5-9-15(14)20-16/h4-5,8-9,13H,6-7,10-12H2,1-3H3,(H,19,20). The smallest absolute Gasteiger partial charge is 0.410 e. The highest BCUT2D eigenvalue weighted by atomic mass is 32.2. The Morgan fingerprint density at radius 2 is 2.08 bits per heavy atom. The summed E-state index contributed by atoms with van der Waals surface area (Å²) in [5, 5.41) is -0.00640. The van der Waals surface area contributed by atoms with E-state index in [2.05, 4.69) is 9.97 Å². The monoisotopic (exact) mass is 379 g/mol. The summed E-state index contributed by atoms with van der Waals surface area (Å²) in [4.78, 5) is 20.9. The van der Waals surface area contributed by atoms with Gasteiger partial charge in [0.1, 0.15) is 5.60 Å². The normalized spacial score (nSPS) is 18.9. The van der Waals surface area contributed by atoms with Crippen LogP contribution < -0.4 is 0 Å². The molecule has 0 saturated carbocycles. The minimum absolute atomic E-state index is 0.00640. The Bertz CT molecular complexity index is 866. The lowest BCUT2D eigenvalue weighted by molar-refractivity contribution is 0.0176. The first-order valence-corrected chi connectivity index (χ1v) is 10.4. The van der Waals surface area contributed by atoms with Gasteiger partial charge in [0.25, 0.3) is 0 Å². The number of hydrogen-bond donors (Lipinski definition) is 1. The third-order valence-electron chi connectivity index (χ3n) is 4.29. The summed E-state index contributed by atoms with van der Waals surface area (Å²) in [5.41, 5.74) is 0.764. The molecule has 1 aromatic heterocycles. The van der Waals surface area contributed by atoms with E-state index < -0.39 is 15.4 Å².